The van der Waals surface area contributed by atoms with Gasteiger partial charge in [-0.1, -0.05) is 36.4 Å². The molecule has 0 aliphatic heterocycles. The van der Waals surface area contributed by atoms with Crippen molar-refractivity contribution < 1.29 is 9.53 Å². The van der Waals surface area contributed by atoms with Crippen LogP contribution in [0.25, 0.3) is 5.70 Å². The molecule has 3 aromatic rings. The lowest BCUT2D eigenvalue weighted by molar-refractivity contribution is -0.118. The topological polar surface area (TPSA) is 56.1 Å². The molecular formula is C19H16ClN3O2. The zero-order valence-corrected chi connectivity index (χ0v) is 14.1. The molecule has 2 aromatic carbocycles. The maximum absolute atomic E-state index is 12.1. The molecule has 6 heteroatoms. The molecule has 0 atom stereocenters. The van der Waals surface area contributed by atoms with E-state index >= 15 is 0 Å². The van der Waals surface area contributed by atoms with Gasteiger partial charge in [-0.3, -0.25) is 4.79 Å². The smallest absolute Gasteiger partial charge is 0.262 e. The van der Waals surface area contributed by atoms with Crippen LogP contribution in [0.4, 0.5) is 5.69 Å². The summed E-state index contributed by atoms with van der Waals surface area (Å²) in [6.45, 7) is 3.94. The first kappa shape index (κ1) is 16.8. The fourth-order valence-electron chi connectivity index (χ4n) is 2.30. The average Bonchev–Trinajstić information content (AvgIpc) is 3.14. The summed E-state index contributed by atoms with van der Waals surface area (Å²) >= 11 is 5.91. The van der Waals surface area contributed by atoms with Crippen LogP contribution >= 0.6 is 11.6 Å². The molecule has 1 amide bonds. The first-order valence-electron chi connectivity index (χ1n) is 7.58. The van der Waals surface area contributed by atoms with Crippen molar-refractivity contribution in [3.63, 3.8) is 0 Å². The molecule has 0 radical (unpaired) electrons. The number of imidazole rings is 1. The Balaban J connectivity index is 1.67. The normalized spacial score (nSPS) is 10.3. The van der Waals surface area contributed by atoms with Crippen LogP contribution in [0.1, 0.15) is 5.56 Å². The molecule has 0 aliphatic carbocycles. The molecule has 0 fully saturated rings. The van der Waals surface area contributed by atoms with Crippen LogP contribution in [-0.2, 0) is 4.79 Å². The summed E-state index contributed by atoms with van der Waals surface area (Å²) in [5.74, 6) is 0.299. The van der Waals surface area contributed by atoms with Gasteiger partial charge in [-0.25, -0.2) is 4.98 Å². The molecule has 0 bridgehead atoms. The molecule has 0 spiro atoms. The number of nitrogens with one attached hydrogen (secondary N) is 1. The van der Waals surface area contributed by atoms with E-state index in [4.69, 9.17) is 16.3 Å². The molecule has 0 unspecified atom stereocenters. The Morgan fingerprint density at radius 1 is 1.24 bits per heavy atom. The summed E-state index contributed by atoms with van der Waals surface area (Å²) in [5.41, 5.74) is 2.12. The molecular weight excluding hydrogens is 338 g/mol. The van der Waals surface area contributed by atoms with Crippen molar-refractivity contribution in [1.29, 1.82) is 0 Å². The van der Waals surface area contributed by atoms with Gasteiger partial charge in [0.05, 0.1) is 12.0 Å². The third-order valence-electron chi connectivity index (χ3n) is 3.48. The van der Waals surface area contributed by atoms with E-state index in [2.05, 4.69) is 16.9 Å². The Morgan fingerprint density at radius 2 is 2.08 bits per heavy atom. The van der Waals surface area contributed by atoms with E-state index in [1.807, 2.05) is 18.2 Å². The van der Waals surface area contributed by atoms with Crippen LogP contribution in [0.2, 0.25) is 5.02 Å². The van der Waals surface area contributed by atoms with Gasteiger partial charge >= 0.3 is 0 Å². The lowest BCUT2D eigenvalue weighted by Gasteiger charge is -2.14. The molecule has 5 nitrogen and oxygen atoms in total. The number of aromatic nitrogens is 2. The van der Waals surface area contributed by atoms with Gasteiger partial charge in [0.2, 0.25) is 0 Å². The van der Waals surface area contributed by atoms with E-state index in [0.717, 1.165) is 5.56 Å². The number of ether oxygens (including phenoxy) is 1. The molecule has 0 saturated carbocycles. The Labute approximate surface area is 150 Å². The second-order valence-electron chi connectivity index (χ2n) is 5.26. The van der Waals surface area contributed by atoms with E-state index in [0.29, 0.717) is 22.2 Å². The molecule has 0 aliphatic rings. The van der Waals surface area contributed by atoms with Gasteiger partial charge in [-0.15, -0.1) is 0 Å². The average molecular weight is 354 g/mol. The van der Waals surface area contributed by atoms with Gasteiger partial charge < -0.3 is 14.6 Å². The second-order valence-corrected chi connectivity index (χ2v) is 5.70. The number of benzene rings is 2. The van der Waals surface area contributed by atoms with Crippen molar-refractivity contribution in [3.8, 4) is 5.75 Å². The molecule has 3 rings (SSSR count). The molecule has 1 aromatic heterocycles. The summed E-state index contributed by atoms with van der Waals surface area (Å²) in [6.07, 6.45) is 5.13. The van der Waals surface area contributed by atoms with Crippen molar-refractivity contribution in [1.82, 2.24) is 9.55 Å². The molecule has 25 heavy (non-hydrogen) atoms. The number of hydrogen-bond donors (Lipinski definition) is 1. The first-order valence-corrected chi connectivity index (χ1v) is 7.96. The Bertz CT molecular complexity index is 891. The standard InChI is InChI=1S/C19H16ClN3O2/c1-14(23-10-9-21-13-23)17-7-2-3-8-18(17)25-12-19(24)22-16-6-4-5-15(20)11-16/h2-11,13H,1,12H2,(H,22,24). The van der Waals surface area contributed by atoms with Crippen LogP contribution in [0.15, 0.2) is 73.8 Å². The number of amides is 1. The van der Waals surface area contributed by atoms with Crippen molar-refractivity contribution in [2.75, 3.05) is 11.9 Å². The van der Waals surface area contributed by atoms with Gasteiger partial charge in [0.15, 0.2) is 6.61 Å². The third kappa shape index (κ3) is 4.28. The van der Waals surface area contributed by atoms with E-state index < -0.39 is 0 Å². The van der Waals surface area contributed by atoms with E-state index in [-0.39, 0.29) is 12.5 Å². The minimum atomic E-state index is -0.273. The lowest BCUT2D eigenvalue weighted by Crippen LogP contribution is -2.20. The van der Waals surface area contributed by atoms with Crippen LogP contribution in [-0.4, -0.2) is 22.1 Å². The minimum absolute atomic E-state index is 0.124. The summed E-state index contributed by atoms with van der Waals surface area (Å²) in [4.78, 5) is 16.1. The van der Waals surface area contributed by atoms with Crippen LogP contribution < -0.4 is 10.1 Å². The number of anilines is 1. The number of nitrogens with zero attached hydrogens (tertiary/aromatic N) is 2. The monoisotopic (exact) mass is 353 g/mol. The molecule has 0 saturated heterocycles. The van der Waals surface area contributed by atoms with Crippen LogP contribution in [0.3, 0.4) is 0 Å². The van der Waals surface area contributed by atoms with Crippen molar-refractivity contribution in [3.05, 3.63) is 84.4 Å². The molecule has 1 N–H and O–H groups in total. The van der Waals surface area contributed by atoms with Crippen molar-refractivity contribution >= 4 is 28.9 Å². The number of halogens is 1. The summed E-state index contributed by atoms with van der Waals surface area (Å²) in [7, 11) is 0. The number of hydrogen-bond acceptors (Lipinski definition) is 3. The first-order chi connectivity index (χ1) is 12.1. The highest BCUT2D eigenvalue weighted by Crippen LogP contribution is 2.26. The van der Waals surface area contributed by atoms with E-state index in [9.17, 15) is 4.79 Å². The second kappa shape index (κ2) is 7.68. The maximum atomic E-state index is 12.1. The molecule has 126 valence electrons. The van der Waals surface area contributed by atoms with Crippen molar-refractivity contribution in [2.24, 2.45) is 0 Å². The summed E-state index contributed by atoms with van der Waals surface area (Å²) < 4.78 is 7.47. The van der Waals surface area contributed by atoms with Gasteiger partial charge in [0.1, 0.15) is 5.75 Å². The number of para-hydroxylation sites is 1. The highest BCUT2D eigenvalue weighted by atomic mass is 35.5. The Morgan fingerprint density at radius 3 is 2.84 bits per heavy atom. The summed E-state index contributed by atoms with van der Waals surface area (Å²) in [6, 6.07) is 14.4. The third-order valence-corrected chi connectivity index (χ3v) is 3.72. The van der Waals surface area contributed by atoms with Gasteiger partial charge in [-0.2, -0.15) is 0 Å². The van der Waals surface area contributed by atoms with Gasteiger partial charge in [-0.05, 0) is 30.3 Å². The zero-order chi connectivity index (χ0) is 17.6. The predicted octanol–water partition coefficient (Wildman–Crippen LogP) is 4.07. The van der Waals surface area contributed by atoms with Gasteiger partial charge in [0.25, 0.3) is 5.91 Å². The summed E-state index contributed by atoms with van der Waals surface area (Å²) in [5, 5.41) is 3.30. The quantitative estimate of drug-likeness (QED) is 0.726. The fourth-order valence-corrected chi connectivity index (χ4v) is 2.49. The van der Waals surface area contributed by atoms with Crippen LogP contribution in [0, 0.1) is 0 Å². The number of carbonyl (C=O) groups excluding carboxylic acids is 1. The SMILES string of the molecule is C=C(c1ccccc1OCC(=O)Nc1cccc(Cl)c1)n1ccnc1. The highest BCUT2D eigenvalue weighted by molar-refractivity contribution is 6.30. The Hall–Kier alpha value is -3.05. The number of rotatable bonds is 6. The zero-order valence-electron chi connectivity index (χ0n) is 13.4. The van der Waals surface area contributed by atoms with E-state index in [1.54, 1.807) is 53.6 Å². The maximum Gasteiger partial charge on any atom is 0.262 e. The lowest BCUT2D eigenvalue weighted by atomic mass is 10.1. The van der Waals surface area contributed by atoms with Gasteiger partial charge in [0, 0.05) is 28.7 Å². The Kier molecular flexibility index (Phi) is 5.16. The fraction of sp³-hybridized carbons (Fsp3) is 0.0526. The highest BCUT2D eigenvalue weighted by Gasteiger charge is 2.10. The van der Waals surface area contributed by atoms with Crippen LogP contribution in [0.5, 0.6) is 5.75 Å². The van der Waals surface area contributed by atoms with E-state index in [1.165, 1.54) is 0 Å². The molecule has 1 heterocycles. The largest absolute Gasteiger partial charge is 0.483 e. The predicted molar refractivity (Wildman–Crippen MR) is 98.7 cm³/mol. The number of carbonyl (C=O) groups is 1. The van der Waals surface area contributed by atoms with Crippen molar-refractivity contribution in [2.45, 2.75) is 0 Å². The minimum Gasteiger partial charge on any atom is -0.483 e.